The summed E-state index contributed by atoms with van der Waals surface area (Å²) in [4.78, 5) is 16.0. The molecule has 1 aliphatic rings. The van der Waals surface area contributed by atoms with Gasteiger partial charge >= 0.3 is 6.09 Å². The number of halogens is 1. The third-order valence-electron chi connectivity index (χ3n) is 4.41. The molecular weight excluding hydrogens is 519 g/mol. The fraction of sp³-hybridized carbons (Fsp3) is 0.600. The van der Waals surface area contributed by atoms with Crippen LogP contribution in [-0.4, -0.2) is 57.7 Å². The van der Waals surface area contributed by atoms with Gasteiger partial charge in [0.05, 0.1) is 11.5 Å². The summed E-state index contributed by atoms with van der Waals surface area (Å²) in [6.07, 6.45) is 1.01. The molecule has 1 fully saturated rings. The number of aliphatic imine (C=N–C) groups is 1. The van der Waals surface area contributed by atoms with E-state index >= 15 is 0 Å². The van der Waals surface area contributed by atoms with E-state index in [0.29, 0.717) is 31.2 Å². The maximum Gasteiger partial charge on any atom is 0.412 e. The molecular formula is C20H33IN4O4S. The maximum atomic E-state index is 11.8. The van der Waals surface area contributed by atoms with Crippen molar-refractivity contribution in [3.63, 3.8) is 0 Å². The predicted molar refractivity (Wildman–Crippen MR) is 132 cm³/mol. The minimum absolute atomic E-state index is 0. The van der Waals surface area contributed by atoms with E-state index in [9.17, 15) is 13.2 Å². The number of nitrogens with zero attached hydrogens (tertiary/aromatic N) is 1. The van der Waals surface area contributed by atoms with Crippen molar-refractivity contribution in [2.24, 2.45) is 10.9 Å². The van der Waals surface area contributed by atoms with Gasteiger partial charge in [-0.15, -0.1) is 24.0 Å². The SMILES string of the molecule is CN=C(NCCc1ccc(NC(=O)OC(C)(C)C)cc1)NCC1CCS(=O)(=O)C1.I. The molecule has 1 amide bonds. The lowest BCUT2D eigenvalue weighted by Crippen LogP contribution is -2.40. The molecule has 10 heteroatoms. The van der Waals surface area contributed by atoms with Crippen LogP contribution in [0.2, 0.25) is 0 Å². The van der Waals surface area contributed by atoms with Crippen LogP contribution >= 0.6 is 24.0 Å². The molecule has 1 atom stereocenters. The van der Waals surface area contributed by atoms with Gasteiger partial charge in [0, 0.05) is 25.8 Å². The molecule has 0 spiro atoms. The van der Waals surface area contributed by atoms with E-state index < -0.39 is 21.5 Å². The zero-order valence-electron chi connectivity index (χ0n) is 18.0. The molecule has 1 unspecified atom stereocenters. The minimum atomic E-state index is -2.86. The molecule has 0 radical (unpaired) electrons. The zero-order chi connectivity index (χ0) is 21.5. The van der Waals surface area contributed by atoms with Gasteiger partial charge in [-0.2, -0.15) is 0 Å². The Labute approximate surface area is 196 Å². The van der Waals surface area contributed by atoms with Gasteiger partial charge in [0.15, 0.2) is 15.8 Å². The van der Waals surface area contributed by atoms with E-state index in [1.807, 2.05) is 45.0 Å². The number of ether oxygens (including phenoxy) is 1. The maximum absolute atomic E-state index is 11.8. The molecule has 0 aliphatic carbocycles. The predicted octanol–water partition coefficient (Wildman–Crippen LogP) is 2.79. The van der Waals surface area contributed by atoms with Crippen molar-refractivity contribution in [2.75, 3.05) is 37.0 Å². The number of hydrogen-bond acceptors (Lipinski definition) is 5. The monoisotopic (exact) mass is 552 g/mol. The van der Waals surface area contributed by atoms with Crippen LogP contribution in [0.5, 0.6) is 0 Å². The van der Waals surface area contributed by atoms with E-state index in [1.165, 1.54) is 0 Å². The molecule has 1 heterocycles. The van der Waals surface area contributed by atoms with E-state index in [-0.39, 0.29) is 41.4 Å². The molecule has 170 valence electrons. The average Bonchev–Trinajstić information content (AvgIpc) is 2.96. The first-order chi connectivity index (χ1) is 13.6. The van der Waals surface area contributed by atoms with Gasteiger partial charge in [-0.05, 0) is 57.2 Å². The second kappa shape index (κ2) is 11.7. The molecule has 0 saturated carbocycles. The van der Waals surface area contributed by atoms with Gasteiger partial charge < -0.3 is 15.4 Å². The summed E-state index contributed by atoms with van der Waals surface area (Å²) in [6, 6.07) is 7.58. The topological polar surface area (TPSA) is 109 Å². The summed E-state index contributed by atoms with van der Waals surface area (Å²) >= 11 is 0. The van der Waals surface area contributed by atoms with Crippen LogP contribution in [-0.2, 0) is 21.0 Å². The van der Waals surface area contributed by atoms with Gasteiger partial charge in [-0.25, -0.2) is 13.2 Å². The van der Waals surface area contributed by atoms with E-state index in [4.69, 9.17) is 4.74 Å². The Bertz CT molecular complexity index is 820. The van der Waals surface area contributed by atoms with E-state index in [2.05, 4.69) is 20.9 Å². The van der Waals surface area contributed by atoms with Crippen molar-refractivity contribution in [3.05, 3.63) is 29.8 Å². The molecule has 1 saturated heterocycles. The smallest absolute Gasteiger partial charge is 0.412 e. The van der Waals surface area contributed by atoms with Crippen LogP contribution in [0.15, 0.2) is 29.3 Å². The quantitative estimate of drug-likeness (QED) is 0.285. The Morgan fingerprint density at radius 1 is 1.20 bits per heavy atom. The Balaban J connectivity index is 0.00000450. The van der Waals surface area contributed by atoms with Gasteiger partial charge in [0.2, 0.25) is 0 Å². The highest BCUT2D eigenvalue weighted by Crippen LogP contribution is 2.17. The summed E-state index contributed by atoms with van der Waals surface area (Å²) in [5, 5.41) is 9.14. The van der Waals surface area contributed by atoms with Gasteiger partial charge in [0.25, 0.3) is 0 Å². The van der Waals surface area contributed by atoms with Crippen molar-refractivity contribution in [2.45, 2.75) is 39.2 Å². The molecule has 1 aromatic carbocycles. The summed E-state index contributed by atoms with van der Waals surface area (Å²) < 4.78 is 28.3. The zero-order valence-corrected chi connectivity index (χ0v) is 21.2. The molecule has 30 heavy (non-hydrogen) atoms. The average molecular weight is 552 g/mol. The van der Waals surface area contributed by atoms with Crippen LogP contribution in [0.25, 0.3) is 0 Å². The third-order valence-corrected chi connectivity index (χ3v) is 6.25. The summed E-state index contributed by atoms with van der Waals surface area (Å²) in [6.45, 7) is 6.74. The van der Waals surface area contributed by atoms with Crippen molar-refractivity contribution < 1.29 is 17.9 Å². The van der Waals surface area contributed by atoms with Crippen molar-refractivity contribution >= 4 is 51.6 Å². The number of sulfone groups is 1. The fourth-order valence-electron chi connectivity index (χ4n) is 3.00. The summed E-state index contributed by atoms with van der Waals surface area (Å²) in [7, 11) is -1.17. The number of amides is 1. The summed E-state index contributed by atoms with van der Waals surface area (Å²) in [5.74, 6) is 1.34. The van der Waals surface area contributed by atoms with Crippen LogP contribution in [0.4, 0.5) is 10.5 Å². The standard InChI is InChI=1S/C20H32N4O4S.HI/c1-20(2,3)28-19(25)24-17-7-5-15(6-8-17)9-11-22-18(21-4)23-13-16-10-12-29(26,27)14-16;/h5-8,16H,9-14H2,1-4H3,(H,24,25)(H2,21,22,23);1H. The number of carbonyl (C=O) groups is 1. The second-order valence-corrected chi connectivity index (χ2v) is 10.5. The fourth-order valence-corrected chi connectivity index (χ4v) is 4.86. The Kier molecular flexibility index (Phi) is 10.4. The number of guanidine groups is 1. The van der Waals surface area contributed by atoms with Gasteiger partial charge in [-0.1, -0.05) is 12.1 Å². The Hall–Kier alpha value is -1.56. The van der Waals surface area contributed by atoms with Gasteiger partial charge in [0.1, 0.15) is 5.60 Å². The second-order valence-electron chi connectivity index (χ2n) is 8.22. The normalized spacial score (nSPS) is 18.3. The van der Waals surface area contributed by atoms with Crippen molar-refractivity contribution in [3.8, 4) is 0 Å². The molecule has 3 N–H and O–H groups in total. The number of hydrogen-bond donors (Lipinski definition) is 3. The first-order valence-electron chi connectivity index (χ1n) is 9.80. The molecule has 8 nitrogen and oxygen atoms in total. The number of nitrogens with one attached hydrogen (secondary N) is 3. The lowest BCUT2D eigenvalue weighted by atomic mass is 10.1. The minimum Gasteiger partial charge on any atom is -0.444 e. The molecule has 0 bridgehead atoms. The van der Waals surface area contributed by atoms with E-state index in [1.54, 1.807) is 7.05 Å². The van der Waals surface area contributed by atoms with Crippen LogP contribution < -0.4 is 16.0 Å². The van der Waals surface area contributed by atoms with E-state index in [0.717, 1.165) is 12.0 Å². The largest absolute Gasteiger partial charge is 0.444 e. The van der Waals surface area contributed by atoms with Crippen LogP contribution in [0.3, 0.4) is 0 Å². The number of rotatable bonds is 6. The number of benzene rings is 1. The highest BCUT2D eigenvalue weighted by molar-refractivity contribution is 14.0. The van der Waals surface area contributed by atoms with Gasteiger partial charge in [-0.3, -0.25) is 10.3 Å². The Morgan fingerprint density at radius 3 is 2.40 bits per heavy atom. The first-order valence-corrected chi connectivity index (χ1v) is 11.6. The van der Waals surface area contributed by atoms with Crippen LogP contribution in [0.1, 0.15) is 32.8 Å². The van der Waals surface area contributed by atoms with Crippen LogP contribution in [0, 0.1) is 5.92 Å². The van der Waals surface area contributed by atoms with Crippen molar-refractivity contribution in [1.82, 2.24) is 10.6 Å². The molecule has 0 aromatic heterocycles. The Morgan fingerprint density at radius 2 is 1.87 bits per heavy atom. The molecule has 1 aliphatic heterocycles. The highest BCUT2D eigenvalue weighted by Gasteiger charge is 2.27. The first kappa shape index (κ1) is 26.5. The summed E-state index contributed by atoms with van der Waals surface area (Å²) in [5.41, 5.74) is 1.26. The van der Waals surface area contributed by atoms with Crippen molar-refractivity contribution in [1.29, 1.82) is 0 Å². The number of carbonyl (C=O) groups excluding carboxylic acids is 1. The molecule has 2 rings (SSSR count). The molecule has 1 aromatic rings. The number of anilines is 1. The lowest BCUT2D eigenvalue weighted by molar-refractivity contribution is 0.0636. The highest BCUT2D eigenvalue weighted by atomic mass is 127. The third kappa shape index (κ3) is 9.96. The lowest BCUT2D eigenvalue weighted by Gasteiger charge is -2.19.